The van der Waals surface area contributed by atoms with Gasteiger partial charge in [-0.15, -0.1) is 0 Å². The summed E-state index contributed by atoms with van der Waals surface area (Å²) < 4.78 is 0. The lowest BCUT2D eigenvalue weighted by Crippen LogP contribution is -2.52. The first-order valence-electron chi connectivity index (χ1n) is 9.28. The zero-order chi connectivity index (χ0) is 18.3. The van der Waals surface area contributed by atoms with Crippen LogP contribution in [-0.2, 0) is 22.7 Å². The van der Waals surface area contributed by atoms with Gasteiger partial charge in [-0.05, 0) is 36.5 Å². The van der Waals surface area contributed by atoms with Gasteiger partial charge < -0.3 is 16.0 Å². The molecule has 1 unspecified atom stereocenters. The topological polar surface area (TPSA) is 105 Å². The Morgan fingerprint density at radius 3 is 2.77 bits per heavy atom. The molecule has 1 aliphatic carbocycles. The van der Waals surface area contributed by atoms with Gasteiger partial charge in [-0.2, -0.15) is 0 Å². The third kappa shape index (κ3) is 3.12. The molecule has 138 valence electrons. The number of rotatable bonds is 4. The fourth-order valence-electron chi connectivity index (χ4n) is 4.23. The molecule has 0 bridgehead atoms. The van der Waals surface area contributed by atoms with Gasteiger partial charge in [0.25, 0.3) is 5.91 Å². The number of fused-ring (bicyclic) bond motifs is 1. The molecule has 2 aliphatic heterocycles. The van der Waals surface area contributed by atoms with E-state index in [4.69, 9.17) is 5.73 Å². The molecule has 3 aliphatic rings. The van der Waals surface area contributed by atoms with Crippen molar-refractivity contribution in [3.63, 3.8) is 0 Å². The highest BCUT2D eigenvalue weighted by Gasteiger charge is 2.39. The summed E-state index contributed by atoms with van der Waals surface area (Å²) in [5.74, 6) is -0.778. The number of amides is 3. The van der Waals surface area contributed by atoms with Crippen LogP contribution in [0.2, 0.25) is 0 Å². The van der Waals surface area contributed by atoms with Gasteiger partial charge in [-0.1, -0.05) is 18.6 Å². The highest BCUT2D eigenvalue weighted by atomic mass is 16.2. The lowest BCUT2D eigenvalue weighted by Gasteiger charge is -2.29. The summed E-state index contributed by atoms with van der Waals surface area (Å²) in [4.78, 5) is 37.7. The molecule has 1 aromatic carbocycles. The zero-order valence-corrected chi connectivity index (χ0v) is 14.7. The van der Waals surface area contributed by atoms with Crippen LogP contribution in [0.1, 0.15) is 53.6 Å². The van der Waals surface area contributed by atoms with E-state index in [0.29, 0.717) is 24.6 Å². The first-order chi connectivity index (χ1) is 12.5. The number of nitrogens with two attached hydrogens (primary N) is 1. The van der Waals surface area contributed by atoms with Crippen LogP contribution in [-0.4, -0.2) is 40.7 Å². The highest BCUT2D eigenvalue weighted by Crippen LogP contribution is 2.28. The van der Waals surface area contributed by atoms with Crippen molar-refractivity contribution >= 4 is 17.7 Å². The molecule has 3 atom stereocenters. The van der Waals surface area contributed by atoms with Crippen LogP contribution in [0.15, 0.2) is 18.2 Å². The van der Waals surface area contributed by atoms with Gasteiger partial charge in [0, 0.05) is 37.2 Å². The van der Waals surface area contributed by atoms with Crippen LogP contribution in [0.25, 0.3) is 0 Å². The molecule has 7 heteroatoms. The number of nitrogens with one attached hydrogen (secondary N) is 2. The maximum Gasteiger partial charge on any atom is 0.255 e. The standard InChI is InChI=1S/C19H24N4O3/c20-14-2-1-3-15(14)21-9-11-4-5-13-12(8-11)10-23(19(13)26)16-6-7-17(24)22-18(16)25/h4-5,8,14-16,21H,1-3,6-7,9-10,20H2,(H,22,24,25)/t14-,15+,16?/m1/s1. The van der Waals surface area contributed by atoms with Gasteiger partial charge in [0.15, 0.2) is 0 Å². The molecular formula is C19H24N4O3. The summed E-state index contributed by atoms with van der Waals surface area (Å²) in [6, 6.07) is 5.84. The zero-order valence-electron chi connectivity index (χ0n) is 14.7. The Bertz CT molecular complexity index is 763. The average molecular weight is 356 g/mol. The quantitative estimate of drug-likeness (QED) is 0.678. The fraction of sp³-hybridized carbons (Fsp3) is 0.526. The number of imide groups is 1. The van der Waals surface area contributed by atoms with Crippen molar-refractivity contribution in [2.75, 3.05) is 0 Å². The van der Waals surface area contributed by atoms with E-state index in [-0.39, 0.29) is 30.2 Å². The summed E-state index contributed by atoms with van der Waals surface area (Å²) >= 11 is 0. The summed E-state index contributed by atoms with van der Waals surface area (Å²) in [7, 11) is 0. The van der Waals surface area contributed by atoms with Crippen molar-refractivity contribution in [1.82, 2.24) is 15.5 Å². The summed E-state index contributed by atoms with van der Waals surface area (Å²) in [5.41, 5.74) is 8.80. The van der Waals surface area contributed by atoms with Crippen LogP contribution < -0.4 is 16.4 Å². The summed E-state index contributed by atoms with van der Waals surface area (Å²) in [6.45, 7) is 1.13. The number of piperidine rings is 1. The third-order valence-corrected chi connectivity index (χ3v) is 5.73. The first kappa shape index (κ1) is 17.2. The number of hydrogen-bond acceptors (Lipinski definition) is 5. The molecule has 2 heterocycles. The molecule has 0 aromatic heterocycles. The van der Waals surface area contributed by atoms with E-state index in [1.165, 1.54) is 6.42 Å². The maximum atomic E-state index is 12.7. The lowest BCUT2D eigenvalue weighted by atomic mass is 10.0. The Morgan fingerprint density at radius 1 is 1.19 bits per heavy atom. The van der Waals surface area contributed by atoms with E-state index in [0.717, 1.165) is 30.5 Å². The normalized spacial score (nSPS) is 28.4. The molecule has 1 aromatic rings. The van der Waals surface area contributed by atoms with Crippen LogP contribution in [0.5, 0.6) is 0 Å². The van der Waals surface area contributed by atoms with Crippen LogP contribution >= 0.6 is 0 Å². The molecule has 4 rings (SSSR count). The van der Waals surface area contributed by atoms with E-state index in [9.17, 15) is 14.4 Å². The number of hydrogen-bond donors (Lipinski definition) is 3. The molecule has 26 heavy (non-hydrogen) atoms. The molecular weight excluding hydrogens is 332 g/mol. The van der Waals surface area contributed by atoms with E-state index >= 15 is 0 Å². The number of carbonyl (C=O) groups excluding carboxylic acids is 3. The van der Waals surface area contributed by atoms with Crippen LogP contribution in [0.4, 0.5) is 0 Å². The van der Waals surface area contributed by atoms with Crippen LogP contribution in [0.3, 0.4) is 0 Å². The van der Waals surface area contributed by atoms with Crippen molar-refractivity contribution in [2.45, 2.75) is 63.3 Å². The summed E-state index contributed by atoms with van der Waals surface area (Å²) in [6.07, 6.45) is 4.00. The maximum absolute atomic E-state index is 12.7. The number of carbonyl (C=O) groups is 3. The second-order valence-corrected chi connectivity index (χ2v) is 7.47. The molecule has 1 saturated carbocycles. The van der Waals surface area contributed by atoms with Gasteiger partial charge in [0.05, 0.1) is 0 Å². The van der Waals surface area contributed by atoms with Crippen LogP contribution in [0, 0.1) is 0 Å². The SMILES string of the molecule is N[C@@H]1CCC[C@@H]1NCc1ccc2c(c1)CN(C1CCC(=O)NC1=O)C2=O. The van der Waals surface area contributed by atoms with Gasteiger partial charge in [-0.3, -0.25) is 19.7 Å². The second-order valence-electron chi connectivity index (χ2n) is 7.47. The minimum absolute atomic E-state index is 0.133. The lowest BCUT2D eigenvalue weighted by molar-refractivity contribution is -0.136. The predicted octanol–water partition coefficient (Wildman–Crippen LogP) is 0.417. The molecule has 4 N–H and O–H groups in total. The highest BCUT2D eigenvalue weighted by molar-refractivity contribution is 6.05. The molecule has 3 amide bonds. The largest absolute Gasteiger partial charge is 0.326 e. The molecule has 0 radical (unpaired) electrons. The van der Waals surface area contributed by atoms with Crippen molar-refractivity contribution in [2.24, 2.45) is 5.73 Å². The first-order valence-corrected chi connectivity index (χ1v) is 9.28. The number of benzene rings is 1. The number of nitrogens with zero attached hydrogens (tertiary/aromatic N) is 1. The van der Waals surface area contributed by atoms with E-state index in [1.54, 1.807) is 4.90 Å². The fourth-order valence-corrected chi connectivity index (χ4v) is 4.23. The Labute approximate surface area is 152 Å². The molecule has 1 saturated heterocycles. The molecule has 7 nitrogen and oxygen atoms in total. The Hall–Kier alpha value is -2.25. The Kier molecular flexibility index (Phi) is 4.50. The molecule has 2 fully saturated rings. The smallest absolute Gasteiger partial charge is 0.255 e. The van der Waals surface area contributed by atoms with Crippen molar-refractivity contribution < 1.29 is 14.4 Å². The average Bonchev–Trinajstić information content (AvgIpc) is 3.16. The van der Waals surface area contributed by atoms with Crippen molar-refractivity contribution in [3.8, 4) is 0 Å². The minimum atomic E-state index is -0.564. The second kappa shape index (κ2) is 6.81. The third-order valence-electron chi connectivity index (χ3n) is 5.73. The van der Waals surface area contributed by atoms with Crippen molar-refractivity contribution in [3.05, 3.63) is 34.9 Å². The Balaban J connectivity index is 1.44. The van der Waals surface area contributed by atoms with E-state index in [1.807, 2.05) is 18.2 Å². The van der Waals surface area contributed by atoms with E-state index < -0.39 is 6.04 Å². The van der Waals surface area contributed by atoms with Gasteiger partial charge in [0.1, 0.15) is 6.04 Å². The Morgan fingerprint density at radius 2 is 2.04 bits per heavy atom. The molecule has 0 spiro atoms. The predicted molar refractivity (Wildman–Crippen MR) is 94.9 cm³/mol. The van der Waals surface area contributed by atoms with Gasteiger partial charge >= 0.3 is 0 Å². The summed E-state index contributed by atoms with van der Waals surface area (Å²) in [5, 5.41) is 5.84. The minimum Gasteiger partial charge on any atom is -0.326 e. The van der Waals surface area contributed by atoms with Crippen molar-refractivity contribution in [1.29, 1.82) is 0 Å². The monoisotopic (exact) mass is 356 g/mol. The van der Waals surface area contributed by atoms with Gasteiger partial charge in [0.2, 0.25) is 11.8 Å². The van der Waals surface area contributed by atoms with Gasteiger partial charge in [-0.25, -0.2) is 0 Å². The van der Waals surface area contributed by atoms with E-state index in [2.05, 4.69) is 10.6 Å².